The van der Waals surface area contributed by atoms with Gasteiger partial charge in [0.2, 0.25) is 0 Å². The molecule has 2 fully saturated rings. The summed E-state index contributed by atoms with van der Waals surface area (Å²) in [7, 11) is 0. The molecule has 0 saturated heterocycles. The van der Waals surface area contributed by atoms with E-state index >= 15 is 0 Å². The second-order valence-electron chi connectivity index (χ2n) is 5.13. The minimum atomic E-state index is 0.257. The van der Waals surface area contributed by atoms with Gasteiger partial charge in [-0.25, -0.2) is 0 Å². The van der Waals surface area contributed by atoms with Crippen LogP contribution in [0.1, 0.15) is 50.1 Å². The molecule has 2 aliphatic carbocycles. The van der Waals surface area contributed by atoms with Crippen molar-refractivity contribution in [2.24, 2.45) is 5.73 Å². The lowest BCUT2D eigenvalue weighted by molar-refractivity contribution is 0.452. The van der Waals surface area contributed by atoms with Crippen molar-refractivity contribution < 1.29 is 0 Å². The Kier molecular flexibility index (Phi) is 2.09. The lowest BCUT2D eigenvalue weighted by Gasteiger charge is -2.25. The number of nitrogens with two attached hydrogens (primary N) is 1. The van der Waals surface area contributed by atoms with Crippen molar-refractivity contribution >= 4 is 0 Å². The second kappa shape index (κ2) is 3.34. The van der Waals surface area contributed by atoms with Gasteiger partial charge in [-0.2, -0.15) is 5.10 Å². The summed E-state index contributed by atoms with van der Waals surface area (Å²) in [6.45, 7) is 0.781. The molecule has 0 atom stereocenters. The van der Waals surface area contributed by atoms with Crippen molar-refractivity contribution in [3.8, 4) is 0 Å². The highest BCUT2D eigenvalue weighted by atomic mass is 15.3. The third-order valence-electron chi connectivity index (χ3n) is 4.09. The van der Waals surface area contributed by atoms with Crippen LogP contribution in [0.25, 0.3) is 0 Å². The Morgan fingerprint density at radius 2 is 2.13 bits per heavy atom. The molecule has 0 amide bonds. The molecule has 0 aromatic carbocycles. The fraction of sp³-hybridized carbons (Fsp3) is 0.750. The van der Waals surface area contributed by atoms with Crippen molar-refractivity contribution in [2.75, 3.05) is 6.54 Å². The van der Waals surface area contributed by atoms with E-state index in [4.69, 9.17) is 5.73 Å². The zero-order valence-electron chi connectivity index (χ0n) is 9.15. The third kappa shape index (κ3) is 1.49. The molecule has 2 N–H and O–H groups in total. The average molecular weight is 205 g/mol. The number of nitrogens with zero attached hydrogens (tertiary/aromatic N) is 2. The maximum Gasteiger partial charge on any atom is 0.0528 e. The highest BCUT2D eigenvalue weighted by Gasteiger charge is 2.36. The van der Waals surface area contributed by atoms with Gasteiger partial charge in [0.15, 0.2) is 0 Å². The standard InChI is InChI=1S/C12H19N3/c13-9-12(5-1-2-6-12)10-7-14-15(8-10)11-3-4-11/h7-8,11H,1-6,9,13H2. The van der Waals surface area contributed by atoms with Gasteiger partial charge in [-0.1, -0.05) is 12.8 Å². The van der Waals surface area contributed by atoms with Crippen LogP contribution in [0.15, 0.2) is 12.4 Å². The van der Waals surface area contributed by atoms with Gasteiger partial charge in [-0.05, 0) is 31.2 Å². The Morgan fingerprint density at radius 1 is 1.40 bits per heavy atom. The Labute approximate surface area is 90.7 Å². The molecule has 1 aromatic heterocycles. The molecular formula is C12H19N3. The predicted molar refractivity (Wildman–Crippen MR) is 59.7 cm³/mol. The maximum absolute atomic E-state index is 5.96. The summed E-state index contributed by atoms with van der Waals surface area (Å²) in [6.07, 6.45) is 12.1. The SMILES string of the molecule is NCC1(c2cnn(C3CC3)c2)CCCC1. The quantitative estimate of drug-likeness (QED) is 0.820. The monoisotopic (exact) mass is 205 g/mol. The number of aromatic nitrogens is 2. The van der Waals surface area contributed by atoms with Crippen LogP contribution in [-0.2, 0) is 5.41 Å². The molecule has 15 heavy (non-hydrogen) atoms. The molecule has 0 aliphatic heterocycles. The fourth-order valence-electron chi connectivity index (χ4n) is 2.81. The molecule has 3 nitrogen and oxygen atoms in total. The molecular weight excluding hydrogens is 186 g/mol. The summed E-state index contributed by atoms with van der Waals surface area (Å²) in [5, 5.41) is 4.48. The number of hydrogen-bond acceptors (Lipinski definition) is 2. The molecule has 0 bridgehead atoms. The van der Waals surface area contributed by atoms with Crippen LogP contribution >= 0.6 is 0 Å². The predicted octanol–water partition coefficient (Wildman–Crippen LogP) is 1.99. The molecule has 3 rings (SSSR count). The summed E-state index contributed by atoms with van der Waals surface area (Å²) in [5.41, 5.74) is 7.61. The van der Waals surface area contributed by atoms with Crippen LogP contribution in [-0.4, -0.2) is 16.3 Å². The van der Waals surface area contributed by atoms with Gasteiger partial charge in [-0.3, -0.25) is 4.68 Å². The first-order valence-electron chi connectivity index (χ1n) is 6.09. The first-order valence-corrected chi connectivity index (χ1v) is 6.09. The largest absolute Gasteiger partial charge is 0.330 e. The maximum atomic E-state index is 5.96. The van der Waals surface area contributed by atoms with Gasteiger partial charge in [0.25, 0.3) is 0 Å². The van der Waals surface area contributed by atoms with E-state index in [9.17, 15) is 0 Å². The normalized spacial score (nSPS) is 24.6. The van der Waals surface area contributed by atoms with Crippen LogP contribution in [0, 0.1) is 0 Å². The Balaban J connectivity index is 1.88. The van der Waals surface area contributed by atoms with Crippen molar-refractivity contribution in [3.63, 3.8) is 0 Å². The van der Waals surface area contributed by atoms with E-state index in [1.165, 1.54) is 44.1 Å². The van der Waals surface area contributed by atoms with Crippen LogP contribution < -0.4 is 5.73 Å². The fourth-order valence-corrected chi connectivity index (χ4v) is 2.81. The minimum absolute atomic E-state index is 0.257. The number of rotatable bonds is 3. The van der Waals surface area contributed by atoms with Gasteiger partial charge in [0.05, 0.1) is 12.2 Å². The van der Waals surface area contributed by atoms with Crippen LogP contribution in [0.4, 0.5) is 0 Å². The molecule has 1 heterocycles. The van der Waals surface area contributed by atoms with E-state index in [1.807, 2.05) is 0 Å². The lowest BCUT2D eigenvalue weighted by atomic mass is 9.81. The second-order valence-corrected chi connectivity index (χ2v) is 5.13. The van der Waals surface area contributed by atoms with Gasteiger partial charge in [0.1, 0.15) is 0 Å². The van der Waals surface area contributed by atoms with Gasteiger partial charge in [-0.15, -0.1) is 0 Å². The van der Waals surface area contributed by atoms with Crippen molar-refractivity contribution in [3.05, 3.63) is 18.0 Å². The van der Waals surface area contributed by atoms with E-state index < -0.39 is 0 Å². The van der Waals surface area contributed by atoms with Crippen molar-refractivity contribution in [1.82, 2.24) is 9.78 Å². The number of hydrogen-bond donors (Lipinski definition) is 1. The zero-order chi connectivity index (χ0) is 10.3. The topological polar surface area (TPSA) is 43.8 Å². The van der Waals surface area contributed by atoms with Crippen molar-refractivity contribution in [2.45, 2.75) is 50.0 Å². The molecule has 2 aliphatic rings. The molecule has 1 aromatic rings. The van der Waals surface area contributed by atoms with Gasteiger partial charge >= 0.3 is 0 Å². The smallest absolute Gasteiger partial charge is 0.0528 e. The van der Waals surface area contributed by atoms with Crippen LogP contribution in [0.2, 0.25) is 0 Å². The Morgan fingerprint density at radius 3 is 2.73 bits per heavy atom. The summed E-state index contributed by atoms with van der Waals surface area (Å²) in [6, 6.07) is 0.690. The average Bonchev–Trinajstić information content (AvgIpc) is 2.84. The van der Waals surface area contributed by atoms with Crippen molar-refractivity contribution in [1.29, 1.82) is 0 Å². The minimum Gasteiger partial charge on any atom is -0.330 e. The highest BCUT2D eigenvalue weighted by molar-refractivity contribution is 5.22. The summed E-state index contributed by atoms with van der Waals surface area (Å²) < 4.78 is 2.14. The summed E-state index contributed by atoms with van der Waals surface area (Å²) in [5.74, 6) is 0. The summed E-state index contributed by atoms with van der Waals surface area (Å²) >= 11 is 0. The molecule has 3 heteroatoms. The Bertz CT molecular complexity index is 346. The van der Waals surface area contributed by atoms with Gasteiger partial charge < -0.3 is 5.73 Å². The first-order chi connectivity index (χ1) is 7.34. The van der Waals surface area contributed by atoms with E-state index in [0.717, 1.165) is 6.54 Å². The van der Waals surface area contributed by atoms with E-state index in [0.29, 0.717) is 6.04 Å². The third-order valence-corrected chi connectivity index (χ3v) is 4.09. The highest BCUT2D eigenvalue weighted by Crippen LogP contribution is 2.41. The molecule has 0 radical (unpaired) electrons. The van der Waals surface area contributed by atoms with E-state index in [2.05, 4.69) is 22.2 Å². The Hall–Kier alpha value is -0.830. The van der Waals surface area contributed by atoms with Crippen LogP contribution in [0.5, 0.6) is 0 Å². The van der Waals surface area contributed by atoms with E-state index in [1.54, 1.807) is 0 Å². The van der Waals surface area contributed by atoms with Crippen LogP contribution in [0.3, 0.4) is 0 Å². The van der Waals surface area contributed by atoms with Gasteiger partial charge in [0, 0.05) is 18.2 Å². The first kappa shape index (κ1) is 9.40. The molecule has 2 saturated carbocycles. The summed E-state index contributed by atoms with van der Waals surface area (Å²) in [4.78, 5) is 0. The van der Waals surface area contributed by atoms with E-state index in [-0.39, 0.29) is 5.41 Å². The lowest BCUT2D eigenvalue weighted by Crippen LogP contribution is -2.31. The molecule has 0 unspecified atom stereocenters. The zero-order valence-corrected chi connectivity index (χ0v) is 9.15. The molecule has 0 spiro atoms. The molecule has 82 valence electrons.